The van der Waals surface area contributed by atoms with E-state index in [-0.39, 0.29) is 16.9 Å². The number of ether oxygens (including phenoxy) is 3. The molecular weight excluding hydrogens is 378 g/mol. The number of amides is 1. The van der Waals surface area contributed by atoms with Crippen molar-refractivity contribution in [3.8, 4) is 11.5 Å². The molecule has 0 aliphatic heterocycles. The Morgan fingerprint density at radius 3 is 2.24 bits per heavy atom. The summed E-state index contributed by atoms with van der Waals surface area (Å²) in [5.74, 6) is -0.883. The molecule has 29 heavy (non-hydrogen) atoms. The van der Waals surface area contributed by atoms with Crippen LogP contribution in [0.15, 0.2) is 65.3 Å². The van der Waals surface area contributed by atoms with E-state index in [1.807, 2.05) is 0 Å². The molecule has 148 valence electrons. The lowest BCUT2D eigenvalue weighted by Crippen LogP contribution is -2.12. The molecule has 0 aliphatic rings. The zero-order valence-electron chi connectivity index (χ0n) is 15.6. The van der Waals surface area contributed by atoms with Gasteiger partial charge >= 0.3 is 11.9 Å². The zero-order valence-corrected chi connectivity index (χ0v) is 15.6. The summed E-state index contributed by atoms with van der Waals surface area (Å²) in [5.41, 5.74) is 0.563. The quantitative estimate of drug-likeness (QED) is 0.631. The van der Waals surface area contributed by atoms with E-state index >= 15 is 0 Å². The standard InChI is InChI=1S/C21H17NO7/c1-26-20(24)16-9-8-15(12-17(16)21(25)27-2)29-14-6-3-5-13(11-14)22-19(23)18-7-4-10-28-18/h3-12H,1-2H3,(H,22,23). The first kappa shape index (κ1) is 19.7. The minimum atomic E-state index is -0.699. The molecule has 3 rings (SSSR count). The van der Waals surface area contributed by atoms with E-state index in [2.05, 4.69) is 10.1 Å². The van der Waals surface area contributed by atoms with Crippen molar-refractivity contribution in [1.29, 1.82) is 0 Å². The molecule has 0 bridgehead atoms. The van der Waals surface area contributed by atoms with Gasteiger partial charge in [-0.3, -0.25) is 4.79 Å². The summed E-state index contributed by atoms with van der Waals surface area (Å²) in [7, 11) is 2.43. The van der Waals surface area contributed by atoms with Crippen LogP contribution in [0.4, 0.5) is 5.69 Å². The van der Waals surface area contributed by atoms with Crippen LogP contribution in [0.5, 0.6) is 11.5 Å². The molecule has 3 aromatic rings. The van der Waals surface area contributed by atoms with E-state index in [4.69, 9.17) is 13.9 Å². The number of esters is 2. The lowest BCUT2D eigenvalue weighted by molar-refractivity contribution is 0.0555. The predicted octanol–water partition coefficient (Wildman–Crippen LogP) is 3.90. The number of benzene rings is 2. The summed E-state index contributed by atoms with van der Waals surface area (Å²) in [5, 5.41) is 2.69. The molecule has 2 aromatic carbocycles. The number of methoxy groups -OCH3 is 2. The van der Waals surface area contributed by atoms with Crippen molar-refractivity contribution >= 4 is 23.5 Å². The summed E-state index contributed by atoms with van der Waals surface area (Å²) in [6.07, 6.45) is 1.41. The molecule has 0 saturated heterocycles. The summed E-state index contributed by atoms with van der Waals surface area (Å²) < 4.78 is 20.2. The maximum absolute atomic E-state index is 12.1. The topological polar surface area (TPSA) is 104 Å². The minimum absolute atomic E-state index is 0.0131. The first-order valence-electron chi connectivity index (χ1n) is 8.45. The van der Waals surface area contributed by atoms with Crippen LogP contribution in [0.1, 0.15) is 31.3 Å². The normalized spacial score (nSPS) is 10.1. The molecule has 0 atom stereocenters. The number of nitrogens with one attached hydrogen (secondary N) is 1. The summed E-state index contributed by atoms with van der Waals surface area (Å²) in [4.78, 5) is 35.9. The second kappa shape index (κ2) is 8.75. The highest BCUT2D eigenvalue weighted by molar-refractivity contribution is 6.03. The Kier molecular flexibility index (Phi) is 5.94. The van der Waals surface area contributed by atoms with Gasteiger partial charge < -0.3 is 23.9 Å². The van der Waals surface area contributed by atoms with Gasteiger partial charge in [0, 0.05) is 11.8 Å². The van der Waals surface area contributed by atoms with E-state index in [1.54, 1.807) is 36.4 Å². The van der Waals surface area contributed by atoms with Crippen molar-refractivity contribution in [2.24, 2.45) is 0 Å². The van der Waals surface area contributed by atoms with Gasteiger partial charge in [-0.1, -0.05) is 6.07 Å². The molecule has 1 heterocycles. The van der Waals surface area contributed by atoms with Crippen LogP contribution in [0.2, 0.25) is 0 Å². The summed E-state index contributed by atoms with van der Waals surface area (Å²) >= 11 is 0. The molecular formula is C21H17NO7. The van der Waals surface area contributed by atoms with Crippen LogP contribution in [0.25, 0.3) is 0 Å². The Hall–Kier alpha value is -4.07. The SMILES string of the molecule is COC(=O)c1ccc(Oc2cccc(NC(=O)c3ccco3)c2)cc1C(=O)OC. The largest absolute Gasteiger partial charge is 0.465 e. The van der Waals surface area contributed by atoms with Crippen molar-refractivity contribution in [2.45, 2.75) is 0 Å². The molecule has 1 amide bonds. The fourth-order valence-electron chi connectivity index (χ4n) is 2.53. The van der Waals surface area contributed by atoms with Crippen molar-refractivity contribution in [3.05, 3.63) is 77.7 Å². The molecule has 0 spiro atoms. The fraction of sp³-hybridized carbons (Fsp3) is 0.0952. The van der Waals surface area contributed by atoms with Crippen LogP contribution in [0, 0.1) is 0 Å². The van der Waals surface area contributed by atoms with Crippen molar-refractivity contribution in [1.82, 2.24) is 0 Å². The Morgan fingerprint density at radius 1 is 0.828 bits per heavy atom. The summed E-state index contributed by atoms with van der Waals surface area (Å²) in [6.45, 7) is 0. The van der Waals surface area contributed by atoms with Gasteiger partial charge in [0.15, 0.2) is 5.76 Å². The average molecular weight is 395 g/mol. The van der Waals surface area contributed by atoms with Crippen LogP contribution < -0.4 is 10.1 Å². The van der Waals surface area contributed by atoms with E-state index in [0.29, 0.717) is 17.2 Å². The number of furan rings is 1. The maximum atomic E-state index is 12.1. The molecule has 0 aliphatic carbocycles. The maximum Gasteiger partial charge on any atom is 0.338 e. The molecule has 0 radical (unpaired) electrons. The first-order valence-corrected chi connectivity index (χ1v) is 8.45. The van der Waals surface area contributed by atoms with Gasteiger partial charge in [-0.05, 0) is 42.5 Å². The van der Waals surface area contributed by atoms with Crippen LogP contribution >= 0.6 is 0 Å². The molecule has 1 aromatic heterocycles. The highest BCUT2D eigenvalue weighted by Crippen LogP contribution is 2.27. The molecule has 1 N–H and O–H groups in total. The van der Waals surface area contributed by atoms with E-state index in [1.165, 1.54) is 38.7 Å². The van der Waals surface area contributed by atoms with Gasteiger partial charge in [0.05, 0.1) is 31.6 Å². The van der Waals surface area contributed by atoms with Gasteiger partial charge in [-0.25, -0.2) is 9.59 Å². The van der Waals surface area contributed by atoms with E-state index < -0.39 is 17.8 Å². The lowest BCUT2D eigenvalue weighted by atomic mass is 10.1. The van der Waals surface area contributed by atoms with Gasteiger partial charge in [0.1, 0.15) is 11.5 Å². The minimum Gasteiger partial charge on any atom is -0.465 e. The number of carbonyl (C=O) groups excluding carboxylic acids is 3. The van der Waals surface area contributed by atoms with Gasteiger partial charge in [-0.2, -0.15) is 0 Å². The Morgan fingerprint density at radius 2 is 1.55 bits per heavy atom. The summed E-state index contributed by atoms with van der Waals surface area (Å²) in [6, 6.07) is 14.1. The van der Waals surface area contributed by atoms with Gasteiger partial charge in [-0.15, -0.1) is 0 Å². The Labute approximate surface area is 166 Å². The highest BCUT2D eigenvalue weighted by atomic mass is 16.5. The molecule has 0 saturated carbocycles. The van der Waals surface area contributed by atoms with Gasteiger partial charge in [0.2, 0.25) is 0 Å². The predicted molar refractivity (Wildman–Crippen MR) is 102 cm³/mol. The first-order chi connectivity index (χ1) is 14.0. The zero-order chi connectivity index (χ0) is 20.8. The molecule has 0 unspecified atom stereocenters. The third-order valence-corrected chi connectivity index (χ3v) is 3.87. The Balaban J connectivity index is 1.81. The van der Waals surface area contributed by atoms with Crippen molar-refractivity contribution in [2.75, 3.05) is 19.5 Å². The number of carbonyl (C=O) groups is 3. The average Bonchev–Trinajstić information content (AvgIpc) is 3.28. The van der Waals surface area contributed by atoms with E-state index in [9.17, 15) is 14.4 Å². The Bertz CT molecular complexity index is 1040. The third-order valence-electron chi connectivity index (χ3n) is 3.87. The number of anilines is 1. The number of rotatable bonds is 6. The molecule has 8 nitrogen and oxygen atoms in total. The fourth-order valence-corrected chi connectivity index (χ4v) is 2.53. The van der Waals surface area contributed by atoms with Crippen molar-refractivity contribution < 1.29 is 33.0 Å². The molecule has 0 fully saturated rings. The monoisotopic (exact) mass is 395 g/mol. The molecule has 8 heteroatoms. The number of hydrogen-bond donors (Lipinski definition) is 1. The highest BCUT2D eigenvalue weighted by Gasteiger charge is 2.19. The lowest BCUT2D eigenvalue weighted by Gasteiger charge is -2.11. The second-order valence-electron chi connectivity index (χ2n) is 5.75. The third kappa shape index (κ3) is 4.62. The second-order valence-corrected chi connectivity index (χ2v) is 5.75. The smallest absolute Gasteiger partial charge is 0.338 e. The van der Waals surface area contributed by atoms with Crippen LogP contribution in [-0.2, 0) is 9.47 Å². The van der Waals surface area contributed by atoms with Gasteiger partial charge in [0.25, 0.3) is 5.91 Å². The van der Waals surface area contributed by atoms with Crippen LogP contribution in [-0.4, -0.2) is 32.1 Å². The number of hydrogen-bond acceptors (Lipinski definition) is 7. The van der Waals surface area contributed by atoms with E-state index in [0.717, 1.165) is 0 Å². The van der Waals surface area contributed by atoms with Crippen LogP contribution in [0.3, 0.4) is 0 Å². The van der Waals surface area contributed by atoms with Crippen molar-refractivity contribution in [3.63, 3.8) is 0 Å².